The zero-order valence-electron chi connectivity index (χ0n) is 8.34. The number of hydrogen-bond acceptors (Lipinski definition) is 2. The standard InChI is InChI=1S/C10H15ClN2/c1-4-7(2)10-12-8(3)5-9(6-11)13-10/h5,7H,4,6H2,1-3H3. The van der Waals surface area contributed by atoms with Crippen LogP contribution in [0.15, 0.2) is 6.07 Å². The second kappa shape index (κ2) is 4.56. The molecule has 0 radical (unpaired) electrons. The van der Waals surface area contributed by atoms with Crippen molar-refractivity contribution in [3.8, 4) is 0 Å². The Morgan fingerprint density at radius 1 is 1.46 bits per heavy atom. The lowest BCUT2D eigenvalue weighted by Gasteiger charge is -2.08. The third-order valence-electron chi connectivity index (χ3n) is 2.11. The van der Waals surface area contributed by atoms with Crippen LogP contribution in [0.25, 0.3) is 0 Å². The maximum atomic E-state index is 5.73. The molecule has 0 amide bonds. The van der Waals surface area contributed by atoms with Gasteiger partial charge in [-0.2, -0.15) is 0 Å². The molecule has 1 heterocycles. The predicted octanol–water partition coefficient (Wildman–Crippen LogP) is 3.04. The highest BCUT2D eigenvalue weighted by atomic mass is 35.5. The molecule has 1 aromatic heterocycles. The van der Waals surface area contributed by atoms with Gasteiger partial charge in [-0.1, -0.05) is 13.8 Å². The SMILES string of the molecule is CCC(C)c1nc(C)cc(CCl)n1. The molecule has 0 aliphatic carbocycles. The summed E-state index contributed by atoms with van der Waals surface area (Å²) in [5, 5.41) is 0. The van der Waals surface area contributed by atoms with Gasteiger partial charge >= 0.3 is 0 Å². The smallest absolute Gasteiger partial charge is 0.131 e. The van der Waals surface area contributed by atoms with Gasteiger partial charge in [-0.05, 0) is 19.4 Å². The molecular weight excluding hydrogens is 184 g/mol. The highest BCUT2D eigenvalue weighted by Gasteiger charge is 2.07. The number of alkyl halides is 1. The van der Waals surface area contributed by atoms with E-state index in [1.807, 2.05) is 13.0 Å². The van der Waals surface area contributed by atoms with Gasteiger partial charge in [-0.3, -0.25) is 0 Å². The molecule has 1 aromatic rings. The van der Waals surface area contributed by atoms with E-state index >= 15 is 0 Å². The molecule has 1 atom stereocenters. The summed E-state index contributed by atoms with van der Waals surface area (Å²) in [5.74, 6) is 1.80. The van der Waals surface area contributed by atoms with E-state index in [4.69, 9.17) is 11.6 Å². The Morgan fingerprint density at radius 3 is 2.69 bits per heavy atom. The van der Waals surface area contributed by atoms with Crippen molar-refractivity contribution in [1.29, 1.82) is 0 Å². The van der Waals surface area contributed by atoms with Crippen molar-refractivity contribution in [3.63, 3.8) is 0 Å². The van der Waals surface area contributed by atoms with Gasteiger partial charge in [0.05, 0.1) is 11.6 Å². The zero-order valence-corrected chi connectivity index (χ0v) is 9.10. The second-order valence-electron chi connectivity index (χ2n) is 3.30. The van der Waals surface area contributed by atoms with E-state index in [1.54, 1.807) is 0 Å². The zero-order chi connectivity index (χ0) is 9.84. The molecule has 2 nitrogen and oxygen atoms in total. The minimum atomic E-state index is 0.418. The van der Waals surface area contributed by atoms with Crippen LogP contribution >= 0.6 is 11.6 Å². The highest BCUT2D eigenvalue weighted by Crippen LogP contribution is 2.15. The second-order valence-corrected chi connectivity index (χ2v) is 3.57. The Morgan fingerprint density at radius 2 is 2.15 bits per heavy atom. The summed E-state index contributed by atoms with van der Waals surface area (Å²) in [7, 11) is 0. The fourth-order valence-electron chi connectivity index (χ4n) is 1.13. The molecule has 0 aromatic carbocycles. The lowest BCUT2D eigenvalue weighted by Crippen LogP contribution is -2.03. The summed E-state index contributed by atoms with van der Waals surface area (Å²) in [4.78, 5) is 8.76. The molecule has 0 aliphatic rings. The van der Waals surface area contributed by atoms with E-state index in [1.165, 1.54) is 0 Å². The van der Waals surface area contributed by atoms with Crippen molar-refractivity contribution in [2.45, 2.75) is 39.0 Å². The number of hydrogen-bond donors (Lipinski definition) is 0. The molecule has 0 spiro atoms. The van der Waals surface area contributed by atoms with E-state index in [0.717, 1.165) is 23.6 Å². The molecule has 0 aliphatic heterocycles. The third kappa shape index (κ3) is 2.66. The lowest BCUT2D eigenvalue weighted by atomic mass is 10.1. The maximum absolute atomic E-state index is 5.73. The summed E-state index contributed by atoms with van der Waals surface area (Å²) in [5.41, 5.74) is 1.92. The Balaban J connectivity index is 3.01. The predicted molar refractivity (Wildman–Crippen MR) is 55.0 cm³/mol. The summed E-state index contributed by atoms with van der Waals surface area (Å²) < 4.78 is 0. The monoisotopic (exact) mass is 198 g/mol. The molecule has 0 bridgehead atoms. The fourth-order valence-corrected chi connectivity index (χ4v) is 1.27. The Labute approximate surface area is 84.4 Å². The van der Waals surface area contributed by atoms with Crippen molar-refractivity contribution in [3.05, 3.63) is 23.3 Å². The van der Waals surface area contributed by atoms with Gasteiger partial charge in [0.15, 0.2) is 0 Å². The van der Waals surface area contributed by atoms with E-state index in [2.05, 4.69) is 23.8 Å². The molecule has 13 heavy (non-hydrogen) atoms. The first-order valence-corrected chi connectivity index (χ1v) is 5.11. The molecule has 0 N–H and O–H groups in total. The summed E-state index contributed by atoms with van der Waals surface area (Å²) in [6.45, 7) is 6.24. The van der Waals surface area contributed by atoms with Gasteiger partial charge < -0.3 is 0 Å². The molecule has 1 rings (SSSR count). The van der Waals surface area contributed by atoms with Gasteiger partial charge in [0.2, 0.25) is 0 Å². The maximum Gasteiger partial charge on any atom is 0.131 e. The molecule has 72 valence electrons. The molecular formula is C10H15ClN2. The number of aromatic nitrogens is 2. The fraction of sp³-hybridized carbons (Fsp3) is 0.600. The molecule has 1 unspecified atom stereocenters. The highest BCUT2D eigenvalue weighted by molar-refractivity contribution is 6.16. The van der Waals surface area contributed by atoms with Crippen LogP contribution in [-0.2, 0) is 5.88 Å². The molecule has 3 heteroatoms. The van der Waals surface area contributed by atoms with Gasteiger partial charge in [-0.15, -0.1) is 11.6 Å². The van der Waals surface area contributed by atoms with E-state index in [0.29, 0.717) is 11.8 Å². The number of nitrogens with zero attached hydrogens (tertiary/aromatic N) is 2. The van der Waals surface area contributed by atoms with Crippen LogP contribution in [0.3, 0.4) is 0 Å². The summed E-state index contributed by atoms with van der Waals surface area (Å²) in [6, 6.07) is 1.93. The number of aryl methyl sites for hydroxylation is 1. The van der Waals surface area contributed by atoms with Gasteiger partial charge in [0.1, 0.15) is 5.82 Å². The van der Waals surface area contributed by atoms with E-state index in [-0.39, 0.29) is 0 Å². The third-order valence-corrected chi connectivity index (χ3v) is 2.39. The first kappa shape index (κ1) is 10.5. The summed E-state index contributed by atoms with van der Waals surface area (Å²) >= 11 is 5.73. The van der Waals surface area contributed by atoms with Crippen LogP contribution in [0.5, 0.6) is 0 Å². The van der Waals surface area contributed by atoms with Gasteiger partial charge in [-0.25, -0.2) is 9.97 Å². The minimum absolute atomic E-state index is 0.418. The van der Waals surface area contributed by atoms with E-state index < -0.39 is 0 Å². The Bertz CT molecular complexity index is 286. The van der Waals surface area contributed by atoms with Crippen LogP contribution in [0, 0.1) is 6.92 Å². The van der Waals surface area contributed by atoms with Crippen LogP contribution in [0.4, 0.5) is 0 Å². The van der Waals surface area contributed by atoms with Crippen molar-refractivity contribution in [2.24, 2.45) is 0 Å². The van der Waals surface area contributed by atoms with Gasteiger partial charge in [0, 0.05) is 11.6 Å². The minimum Gasteiger partial charge on any atom is -0.238 e. The Kier molecular flexibility index (Phi) is 3.67. The molecule has 0 saturated heterocycles. The first-order chi connectivity index (χ1) is 6.17. The van der Waals surface area contributed by atoms with Crippen molar-refractivity contribution >= 4 is 11.6 Å². The van der Waals surface area contributed by atoms with Crippen molar-refractivity contribution < 1.29 is 0 Å². The molecule has 0 saturated carbocycles. The van der Waals surface area contributed by atoms with E-state index in [9.17, 15) is 0 Å². The lowest BCUT2D eigenvalue weighted by molar-refractivity contribution is 0.669. The first-order valence-electron chi connectivity index (χ1n) is 4.57. The average Bonchev–Trinajstić information content (AvgIpc) is 2.15. The largest absolute Gasteiger partial charge is 0.238 e. The van der Waals surface area contributed by atoms with Gasteiger partial charge in [0.25, 0.3) is 0 Å². The van der Waals surface area contributed by atoms with Crippen LogP contribution in [0.2, 0.25) is 0 Å². The molecule has 0 fully saturated rings. The Hall–Kier alpha value is -0.630. The summed E-state index contributed by atoms with van der Waals surface area (Å²) in [6.07, 6.45) is 1.06. The number of halogens is 1. The normalized spacial score (nSPS) is 12.9. The average molecular weight is 199 g/mol. The van der Waals surface area contributed by atoms with Crippen LogP contribution in [0.1, 0.15) is 43.4 Å². The van der Waals surface area contributed by atoms with Crippen LogP contribution in [-0.4, -0.2) is 9.97 Å². The van der Waals surface area contributed by atoms with Crippen molar-refractivity contribution in [1.82, 2.24) is 9.97 Å². The number of rotatable bonds is 3. The quantitative estimate of drug-likeness (QED) is 0.698. The van der Waals surface area contributed by atoms with Crippen molar-refractivity contribution in [2.75, 3.05) is 0 Å². The van der Waals surface area contributed by atoms with Crippen LogP contribution < -0.4 is 0 Å². The topological polar surface area (TPSA) is 25.8 Å².